The quantitative estimate of drug-likeness (QED) is 0.0136. The van der Waals surface area contributed by atoms with Gasteiger partial charge in [0, 0.05) is 122 Å². The summed E-state index contributed by atoms with van der Waals surface area (Å²) in [7, 11) is 1.12. The Morgan fingerprint density at radius 3 is 0.809 bits per heavy atom. The molecule has 0 bridgehead atoms. The first-order valence-electron chi connectivity index (χ1n) is 34.1. The van der Waals surface area contributed by atoms with Crippen molar-refractivity contribution in [2.45, 2.75) is 91.9 Å². The molecule has 110 heavy (non-hydrogen) atoms. The van der Waals surface area contributed by atoms with Crippen LogP contribution in [0, 0.1) is 55.4 Å². The van der Waals surface area contributed by atoms with Crippen molar-refractivity contribution in [2.24, 2.45) is 0 Å². The molecule has 13 rings (SSSR count). The summed E-state index contributed by atoms with van der Waals surface area (Å²) < 4.78 is 171. The number of imide groups is 2. The van der Waals surface area contributed by atoms with E-state index in [-0.39, 0.29) is 122 Å². The fraction of sp³-hybridized carbons (Fsp3) is 0.250. The number of ether oxygens (including phenoxy) is 6. The van der Waals surface area contributed by atoms with Gasteiger partial charge >= 0.3 is 41.9 Å². The van der Waals surface area contributed by atoms with E-state index in [9.17, 15) is 9.59 Å². The first-order valence-corrected chi connectivity index (χ1v) is 37.9. The number of carbonyl (C=O) groups excluding carboxylic acids is 6. The number of aromatic nitrogens is 2. The van der Waals surface area contributed by atoms with E-state index in [1.165, 1.54) is 54.8 Å². The number of fused-ring (bicyclic) bond motifs is 2. The molecule has 0 fully saturated rings. The van der Waals surface area contributed by atoms with E-state index < -0.39 is 112 Å². The molecule has 2 aliphatic heterocycles. The zero-order valence-corrected chi connectivity index (χ0v) is 63.7. The van der Waals surface area contributed by atoms with Crippen LogP contribution in [0.15, 0.2) is 134 Å². The summed E-state index contributed by atoms with van der Waals surface area (Å²) in [6.07, 6.45) is -9.30. The monoisotopic (exact) mass is 1540 g/mol. The number of halogens is 6. The van der Waals surface area contributed by atoms with Crippen LogP contribution in [0.3, 0.4) is 0 Å². The molecular formula is C80H70F6N4O18Si2. The van der Waals surface area contributed by atoms with E-state index in [2.05, 4.69) is 9.97 Å². The van der Waals surface area contributed by atoms with Crippen LogP contribution < -0.4 is 28.4 Å². The maximum absolute atomic E-state index is 16.4. The number of esters is 2. The number of amides is 4. The predicted molar refractivity (Wildman–Crippen MR) is 393 cm³/mol. The molecule has 22 nitrogen and oxygen atoms in total. The number of benzene rings is 9. The maximum Gasteiger partial charge on any atom is 0.504 e. The maximum atomic E-state index is 16.4. The molecule has 9 aromatic carbocycles. The van der Waals surface area contributed by atoms with Gasteiger partial charge in [0.25, 0.3) is 23.6 Å². The van der Waals surface area contributed by atoms with Crippen molar-refractivity contribution < 1.29 is 110 Å². The van der Waals surface area contributed by atoms with E-state index in [0.717, 1.165) is 48.8 Å². The summed E-state index contributed by atoms with van der Waals surface area (Å²) in [5.41, 5.74) is 2.97. The molecule has 0 saturated heterocycles. The molecular weight excluding hydrogens is 1480 g/mol. The smallest absolute Gasteiger partial charge is 0.457 e. The molecule has 11 aromatic rings. The second kappa shape index (κ2) is 29.3. The van der Waals surface area contributed by atoms with Crippen LogP contribution in [0.25, 0.3) is 43.1 Å². The predicted octanol–water partition coefficient (Wildman–Crippen LogP) is 16.3. The number of hydrogen-bond donors (Lipinski definition) is 0. The molecule has 0 N–H and O–H groups in total. The van der Waals surface area contributed by atoms with Gasteiger partial charge < -0.3 is 55.0 Å². The van der Waals surface area contributed by atoms with Crippen molar-refractivity contribution >= 4 is 96.3 Å². The molecule has 4 amide bonds. The van der Waals surface area contributed by atoms with Gasteiger partial charge in [-0.2, -0.15) is 26.3 Å². The number of nitrogens with zero attached hydrogens (tertiary/aromatic N) is 4. The van der Waals surface area contributed by atoms with Gasteiger partial charge in [0.15, 0.2) is 0 Å². The molecule has 2 aromatic heterocycles. The Kier molecular flexibility index (Phi) is 20.5. The average molecular weight is 1550 g/mol. The van der Waals surface area contributed by atoms with Crippen LogP contribution in [0.4, 0.5) is 26.3 Å². The number of carbonyl (C=O) groups is 6. The van der Waals surface area contributed by atoms with Gasteiger partial charge in [-0.3, -0.25) is 29.0 Å². The molecule has 2 aliphatic rings. The summed E-state index contributed by atoms with van der Waals surface area (Å²) in [6, 6.07) is 21.9. The van der Waals surface area contributed by atoms with Crippen LogP contribution in [0.5, 0.6) is 57.8 Å². The van der Waals surface area contributed by atoms with E-state index in [4.69, 9.17) is 55.0 Å². The third-order valence-corrected chi connectivity index (χ3v) is 24.4. The Labute approximate surface area is 627 Å². The normalized spacial score (nSPS) is 14.0. The number of pyridine rings is 2. The first-order chi connectivity index (χ1) is 52.1. The van der Waals surface area contributed by atoms with Crippen LogP contribution in [0.1, 0.15) is 97.1 Å². The van der Waals surface area contributed by atoms with Gasteiger partial charge in [-0.25, -0.2) is 19.6 Å². The van der Waals surface area contributed by atoms with Crippen LogP contribution in [0.2, 0.25) is 0 Å². The molecule has 4 heterocycles. The fourth-order valence-corrected chi connectivity index (χ4v) is 17.9. The van der Waals surface area contributed by atoms with Crippen LogP contribution in [-0.4, -0.2) is 140 Å². The molecule has 0 saturated carbocycles. The third-order valence-electron chi connectivity index (χ3n) is 19.0. The lowest BCUT2D eigenvalue weighted by Crippen LogP contribution is -2.58. The Morgan fingerprint density at radius 1 is 0.355 bits per heavy atom. The van der Waals surface area contributed by atoms with Crippen molar-refractivity contribution in [1.82, 2.24) is 19.8 Å². The highest BCUT2D eigenvalue weighted by Crippen LogP contribution is 2.59. The Balaban J connectivity index is 1.15. The summed E-state index contributed by atoms with van der Waals surface area (Å²) >= 11 is 0. The van der Waals surface area contributed by atoms with Gasteiger partial charge in [-0.15, -0.1) is 0 Å². The largest absolute Gasteiger partial charge is 0.504 e. The van der Waals surface area contributed by atoms with E-state index in [1.54, 1.807) is 104 Å². The lowest BCUT2D eigenvalue weighted by Gasteiger charge is -2.35. The number of aryl methyl sites for hydroxylation is 8. The topological polar surface area (TPSA) is 245 Å². The number of hydrogen-bond acceptors (Lipinski definition) is 20. The van der Waals surface area contributed by atoms with E-state index in [0.29, 0.717) is 44.5 Å². The summed E-state index contributed by atoms with van der Waals surface area (Å²) in [4.78, 5) is 101. The molecule has 0 aliphatic carbocycles. The minimum Gasteiger partial charge on any atom is -0.457 e. The first kappa shape index (κ1) is 77.0. The highest BCUT2D eigenvalue weighted by atomic mass is 28.4. The zero-order chi connectivity index (χ0) is 79.1. The second-order valence-electron chi connectivity index (χ2n) is 27.0. The van der Waals surface area contributed by atoms with Gasteiger partial charge in [-0.05, 0) is 196 Å². The number of alkyl halides is 6. The van der Waals surface area contributed by atoms with E-state index >= 15 is 45.5 Å². The minimum atomic E-state index is -5.79. The summed E-state index contributed by atoms with van der Waals surface area (Å²) in [5.74, 6) is -13.7. The summed E-state index contributed by atoms with van der Waals surface area (Å²) in [5, 5.41) is -1.69. The lowest BCUT2D eigenvalue weighted by atomic mass is 9.80. The van der Waals surface area contributed by atoms with Crippen molar-refractivity contribution in [3.05, 3.63) is 212 Å². The Hall–Kier alpha value is -11.2. The molecule has 568 valence electrons. The van der Waals surface area contributed by atoms with Crippen molar-refractivity contribution in [3.63, 3.8) is 0 Å². The van der Waals surface area contributed by atoms with Gasteiger partial charge in [0.2, 0.25) is 23.8 Å². The highest BCUT2D eigenvalue weighted by Gasteiger charge is 2.59. The SMILES string of the molecule is CO[Si](Cc1ccnc(OC(=O)C(N2C(=O)c3cc(Oc4cc(C)cc(C)c4)c4c5c(Oc6cc(C)cc(C)c6)cc6c7c(cc(Oc8cc(C)cc(C)c8)c(c8c(Oc9cc(C)cc(C)c9)cc(c3c48)C2=O)c75)C(=O)N(C(C(=O)Oc2cc(C[Si](OC)(OC)OC)ccn2)C(F)(F)F)C6=O)C(F)(F)F)c1)(OC)OC. The molecule has 0 spiro atoms. The van der Waals surface area contributed by atoms with Crippen LogP contribution in [-0.2, 0) is 48.2 Å². The van der Waals surface area contributed by atoms with Crippen molar-refractivity contribution in [1.29, 1.82) is 0 Å². The third kappa shape index (κ3) is 14.3. The zero-order valence-electron chi connectivity index (χ0n) is 61.7. The highest BCUT2D eigenvalue weighted by molar-refractivity contribution is 6.60. The molecule has 2 unspecified atom stereocenters. The summed E-state index contributed by atoms with van der Waals surface area (Å²) in [6.45, 7) is 14.0. The minimum absolute atomic E-state index is 0.0610. The number of rotatable bonds is 24. The second-order valence-corrected chi connectivity index (χ2v) is 32.9. The lowest BCUT2D eigenvalue weighted by molar-refractivity contribution is -0.189. The van der Waals surface area contributed by atoms with E-state index in [1.807, 2.05) is 24.3 Å². The Morgan fingerprint density at radius 2 is 0.591 bits per heavy atom. The average Bonchev–Trinajstić information content (AvgIpc) is 0.669. The van der Waals surface area contributed by atoms with Gasteiger partial charge in [0.05, 0.1) is 22.3 Å². The molecule has 0 radical (unpaired) electrons. The van der Waals surface area contributed by atoms with Crippen molar-refractivity contribution in [3.8, 4) is 57.8 Å². The Bertz CT molecular complexity index is 4980. The fourth-order valence-electron chi connectivity index (χ4n) is 14.6. The van der Waals surface area contributed by atoms with Gasteiger partial charge in [0.1, 0.15) is 46.0 Å². The standard InChI is InChI=1S/C80H70F6N4O18Si2/c1-39-19-40(2)24-49(23-39)103-57-33-53-63-54(74(92)89(73(53)91)71(79(81,82)83)77(95)107-61-31-47(15-17-87-61)37-109(97-9,98-10)99-11)35-59(105-51-27-43(5)21-44(6)28-51)67-68-60(106-52-29-45(7)22-46(8)30-52)36-56-64-55(34-58(66(70(64)68)65(57)69(63)67)104-50-25-41(3)20-42(4)26-50)75(93)90(76(56)94)72(80(84,85)86)78(96)108-62-32-48(16-18-88-62)38-110(100-12,101-13)102-14/h15-36,71-72H,37-38H2,1-14H3. The van der Waals surface area contributed by atoms with Gasteiger partial charge in [-0.1, -0.05) is 24.3 Å². The molecule has 2 atom stereocenters. The molecule has 30 heteroatoms. The van der Waals surface area contributed by atoms with Crippen molar-refractivity contribution in [2.75, 3.05) is 42.7 Å². The van der Waals surface area contributed by atoms with Crippen LogP contribution >= 0.6 is 0 Å².